The molecule has 1 amide bonds. The summed E-state index contributed by atoms with van der Waals surface area (Å²) in [4.78, 5) is 24.8. The zero-order valence-corrected chi connectivity index (χ0v) is 15.4. The van der Waals surface area contributed by atoms with Crippen LogP contribution in [-0.4, -0.2) is 35.2 Å². The predicted octanol–water partition coefficient (Wildman–Crippen LogP) is 2.73. The molecular formula is C19H18N8O. The van der Waals surface area contributed by atoms with E-state index in [0.29, 0.717) is 23.3 Å². The Labute approximate surface area is 160 Å². The number of hydrogen-bond acceptors (Lipinski definition) is 6. The lowest BCUT2D eigenvalue weighted by Gasteiger charge is -2.07. The quantitative estimate of drug-likeness (QED) is 0.521. The van der Waals surface area contributed by atoms with Gasteiger partial charge in [-0.25, -0.2) is 9.97 Å². The van der Waals surface area contributed by atoms with E-state index >= 15 is 0 Å². The highest BCUT2D eigenvalue weighted by atomic mass is 16.1. The molecule has 0 unspecified atom stereocenters. The van der Waals surface area contributed by atoms with Crippen LogP contribution in [0, 0.1) is 6.92 Å². The van der Waals surface area contributed by atoms with Crippen LogP contribution in [0.25, 0.3) is 16.9 Å². The van der Waals surface area contributed by atoms with Crippen LogP contribution in [0.5, 0.6) is 0 Å². The average molecular weight is 374 g/mol. The maximum atomic E-state index is 11.5. The summed E-state index contributed by atoms with van der Waals surface area (Å²) < 4.78 is 3.58. The molecule has 4 aromatic rings. The van der Waals surface area contributed by atoms with E-state index in [1.165, 1.54) is 6.08 Å². The van der Waals surface area contributed by atoms with Crippen molar-refractivity contribution in [2.45, 2.75) is 6.92 Å². The third kappa shape index (κ3) is 3.32. The first-order valence-electron chi connectivity index (χ1n) is 8.55. The number of carbonyl (C=O) groups is 1. The van der Waals surface area contributed by atoms with Gasteiger partial charge in [-0.2, -0.15) is 10.1 Å². The van der Waals surface area contributed by atoms with E-state index in [2.05, 4.69) is 37.3 Å². The molecule has 0 radical (unpaired) electrons. The van der Waals surface area contributed by atoms with Crippen molar-refractivity contribution in [2.24, 2.45) is 7.05 Å². The summed E-state index contributed by atoms with van der Waals surface area (Å²) >= 11 is 0. The van der Waals surface area contributed by atoms with Crippen LogP contribution in [0.3, 0.4) is 0 Å². The van der Waals surface area contributed by atoms with Gasteiger partial charge in [-0.15, -0.1) is 0 Å². The van der Waals surface area contributed by atoms with Crippen molar-refractivity contribution < 1.29 is 4.79 Å². The second-order valence-corrected chi connectivity index (χ2v) is 6.21. The Balaban J connectivity index is 1.70. The van der Waals surface area contributed by atoms with Crippen LogP contribution in [0.4, 0.5) is 17.5 Å². The van der Waals surface area contributed by atoms with E-state index in [1.54, 1.807) is 23.1 Å². The summed E-state index contributed by atoms with van der Waals surface area (Å²) in [7, 11) is 1.84. The molecule has 0 spiro atoms. The molecule has 0 aliphatic carbocycles. The van der Waals surface area contributed by atoms with Gasteiger partial charge in [0.05, 0.1) is 11.9 Å². The van der Waals surface area contributed by atoms with Gasteiger partial charge in [0.1, 0.15) is 11.5 Å². The molecule has 2 N–H and O–H groups in total. The van der Waals surface area contributed by atoms with Crippen LogP contribution in [-0.2, 0) is 11.8 Å². The molecule has 9 heteroatoms. The van der Waals surface area contributed by atoms with Gasteiger partial charge in [-0.3, -0.25) is 14.0 Å². The number of aryl methyl sites for hydroxylation is 2. The molecule has 0 bridgehead atoms. The molecule has 4 aromatic heterocycles. The summed E-state index contributed by atoms with van der Waals surface area (Å²) in [6.45, 7) is 5.44. The molecule has 28 heavy (non-hydrogen) atoms. The summed E-state index contributed by atoms with van der Waals surface area (Å²) in [5.74, 6) is 1.49. The van der Waals surface area contributed by atoms with Crippen molar-refractivity contribution in [3.63, 3.8) is 0 Å². The van der Waals surface area contributed by atoms with Crippen LogP contribution in [0.1, 0.15) is 5.56 Å². The van der Waals surface area contributed by atoms with Gasteiger partial charge in [0.2, 0.25) is 11.9 Å². The molecule has 0 aliphatic rings. The molecule has 0 saturated carbocycles. The third-order valence-electron chi connectivity index (χ3n) is 4.14. The lowest BCUT2D eigenvalue weighted by molar-refractivity contribution is -0.111. The fraction of sp³-hybridized carbons (Fsp3) is 0.105. The van der Waals surface area contributed by atoms with E-state index < -0.39 is 0 Å². The first-order chi connectivity index (χ1) is 13.5. The Hall–Kier alpha value is -4.01. The van der Waals surface area contributed by atoms with Gasteiger partial charge >= 0.3 is 0 Å². The SMILES string of the molecule is C=CC(=O)Nc1cnc2c(c1)c(C)cn2-c1ccnc(Nc2ccn(C)n2)n1. The summed E-state index contributed by atoms with van der Waals surface area (Å²) in [5, 5.41) is 11.0. The molecular weight excluding hydrogens is 356 g/mol. The number of amides is 1. The Bertz CT molecular complexity index is 1190. The topological polar surface area (TPSA) is 103 Å². The highest BCUT2D eigenvalue weighted by molar-refractivity contribution is 6.00. The zero-order valence-electron chi connectivity index (χ0n) is 15.4. The van der Waals surface area contributed by atoms with Crippen molar-refractivity contribution in [1.82, 2.24) is 29.3 Å². The predicted molar refractivity (Wildman–Crippen MR) is 107 cm³/mol. The standard InChI is InChI=1S/C19H18N8O/c1-4-17(28)22-13-9-14-12(2)11-27(18(14)21-10-13)16-5-7-20-19(24-16)23-15-6-8-26(3)25-15/h4-11H,1H2,2-3H3,(H,22,28)(H,20,23,24,25). The number of rotatable bonds is 5. The Morgan fingerprint density at radius 2 is 2.14 bits per heavy atom. The first-order valence-corrected chi connectivity index (χ1v) is 8.55. The zero-order chi connectivity index (χ0) is 19.7. The van der Waals surface area contributed by atoms with E-state index in [1.807, 2.05) is 43.1 Å². The van der Waals surface area contributed by atoms with E-state index in [4.69, 9.17) is 0 Å². The number of aromatic nitrogens is 6. The van der Waals surface area contributed by atoms with Crippen molar-refractivity contribution in [3.8, 4) is 5.82 Å². The van der Waals surface area contributed by atoms with Gasteiger partial charge < -0.3 is 10.6 Å². The number of carbonyl (C=O) groups excluding carboxylic acids is 1. The van der Waals surface area contributed by atoms with Crippen molar-refractivity contribution >= 4 is 34.4 Å². The van der Waals surface area contributed by atoms with Gasteiger partial charge in [0.15, 0.2) is 5.82 Å². The van der Waals surface area contributed by atoms with E-state index in [9.17, 15) is 4.79 Å². The number of anilines is 3. The summed E-state index contributed by atoms with van der Waals surface area (Å²) in [5.41, 5.74) is 2.35. The molecule has 4 rings (SSSR count). The van der Waals surface area contributed by atoms with Gasteiger partial charge in [0, 0.05) is 37.1 Å². The second-order valence-electron chi connectivity index (χ2n) is 6.21. The number of nitrogens with zero attached hydrogens (tertiary/aromatic N) is 6. The minimum Gasteiger partial charge on any atom is -0.321 e. The lowest BCUT2D eigenvalue weighted by Crippen LogP contribution is -2.07. The minimum absolute atomic E-state index is 0.278. The molecule has 0 fully saturated rings. The number of pyridine rings is 1. The van der Waals surface area contributed by atoms with Crippen molar-refractivity contribution in [2.75, 3.05) is 10.6 Å². The van der Waals surface area contributed by atoms with Crippen LogP contribution in [0.15, 0.2) is 55.6 Å². The minimum atomic E-state index is -0.278. The largest absolute Gasteiger partial charge is 0.321 e. The van der Waals surface area contributed by atoms with Crippen LogP contribution < -0.4 is 10.6 Å². The fourth-order valence-corrected chi connectivity index (χ4v) is 2.84. The monoisotopic (exact) mass is 374 g/mol. The maximum Gasteiger partial charge on any atom is 0.247 e. The molecule has 9 nitrogen and oxygen atoms in total. The molecule has 140 valence electrons. The molecule has 0 saturated heterocycles. The van der Waals surface area contributed by atoms with Crippen molar-refractivity contribution in [3.05, 3.63) is 61.2 Å². The van der Waals surface area contributed by atoms with E-state index in [0.717, 1.165) is 16.6 Å². The maximum absolute atomic E-state index is 11.5. The molecule has 0 atom stereocenters. The Morgan fingerprint density at radius 3 is 2.89 bits per heavy atom. The van der Waals surface area contributed by atoms with Gasteiger partial charge in [-0.05, 0) is 30.7 Å². The smallest absolute Gasteiger partial charge is 0.247 e. The number of fused-ring (bicyclic) bond motifs is 1. The third-order valence-corrected chi connectivity index (χ3v) is 4.14. The Morgan fingerprint density at radius 1 is 1.29 bits per heavy atom. The Kier molecular flexibility index (Phi) is 4.32. The average Bonchev–Trinajstić information content (AvgIpc) is 3.25. The van der Waals surface area contributed by atoms with Crippen LogP contribution >= 0.6 is 0 Å². The lowest BCUT2D eigenvalue weighted by atomic mass is 10.2. The second kappa shape index (κ2) is 6.95. The highest BCUT2D eigenvalue weighted by Crippen LogP contribution is 2.25. The highest BCUT2D eigenvalue weighted by Gasteiger charge is 2.12. The molecule has 0 aliphatic heterocycles. The molecule has 0 aromatic carbocycles. The first kappa shape index (κ1) is 17.4. The van der Waals surface area contributed by atoms with Gasteiger partial charge in [-0.1, -0.05) is 6.58 Å². The van der Waals surface area contributed by atoms with Gasteiger partial charge in [0.25, 0.3) is 0 Å². The normalized spacial score (nSPS) is 10.8. The summed E-state index contributed by atoms with van der Waals surface area (Å²) in [6, 6.07) is 5.52. The number of nitrogens with one attached hydrogen (secondary N) is 2. The summed E-state index contributed by atoms with van der Waals surface area (Å²) in [6.07, 6.45) is 8.28. The van der Waals surface area contributed by atoms with Crippen LogP contribution in [0.2, 0.25) is 0 Å². The number of hydrogen-bond donors (Lipinski definition) is 2. The fourth-order valence-electron chi connectivity index (χ4n) is 2.84. The van der Waals surface area contributed by atoms with E-state index in [-0.39, 0.29) is 5.91 Å². The van der Waals surface area contributed by atoms with Crippen molar-refractivity contribution in [1.29, 1.82) is 0 Å². The molecule has 4 heterocycles.